The molecule has 0 heterocycles. The summed E-state index contributed by atoms with van der Waals surface area (Å²) in [5.41, 5.74) is 0. The zero-order valence-corrected chi connectivity index (χ0v) is 10.4. The van der Waals surface area contributed by atoms with Crippen LogP contribution in [0.25, 0.3) is 0 Å². The molecule has 17 heavy (non-hydrogen) atoms. The van der Waals surface area contributed by atoms with E-state index in [9.17, 15) is 14.7 Å². The number of hydrogen-bond acceptors (Lipinski definition) is 5. The number of methoxy groups -OCH3 is 1. The van der Waals surface area contributed by atoms with Gasteiger partial charge in [0.2, 0.25) is 5.91 Å². The number of carbonyl (C=O) groups excluding carboxylic acids is 2. The zero-order valence-electron chi connectivity index (χ0n) is 10.4. The summed E-state index contributed by atoms with van der Waals surface area (Å²) >= 11 is 0. The molecule has 0 aliphatic rings. The first-order valence-corrected chi connectivity index (χ1v) is 5.44. The first-order chi connectivity index (χ1) is 8.01. The molecule has 0 rings (SSSR count). The van der Waals surface area contributed by atoms with E-state index in [2.05, 4.69) is 16.0 Å². The van der Waals surface area contributed by atoms with E-state index in [-0.39, 0.29) is 6.61 Å². The summed E-state index contributed by atoms with van der Waals surface area (Å²) < 4.78 is 4.77. The molecular weight excluding hydrogens is 226 g/mol. The van der Waals surface area contributed by atoms with Crippen molar-refractivity contribution in [3.8, 4) is 0 Å². The Hall–Kier alpha value is -1.18. The van der Waals surface area contributed by atoms with Gasteiger partial charge in [-0.15, -0.1) is 0 Å². The zero-order chi connectivity index (χ0) is 13.3. The second kappa shape index (κ2) is 8.91. The summed E-state index contributed by atoms with van der Waals surface area (Å²) in [5, 5.41) is 16.7. The molecule has 0 fully saturated rings. The number of rotatable bonds is 7. The van der Waals surface area contributed by atoms with Gasteiger partial charge in [0, 0.05) is 14.2 Å². The van der Waals surface area contributed by atoms with E-state index in [1.807, 2.05) is 0 Å². The van der Waals surface area contributed by atoms with Crippen molar-refractivity contribution in [2.45, 2.75) is 25.5 Å². The number of urea groups is 1. The third-order valence-electron chi connectivity index (χ3n) is 2.14. The molecular formula is C10H21N3O4. The van der Waals surface area contributed by atoms with E-state index in [4.69, 9.17) is 4.74 Å². The maximum Gasteiger partial charge on any atom is 0.321 e. The van der Waals surface area contributed by atoms with Crippen LogP contribution in [0.1, 0.15) is 13.3 Å². The Labute approximate surface area is 101 Å². The Bertz CT molecular complexity index is 248. The highest BCUT2D eigenvalue weighted by Gasteiger charge is 2.14. The minimum Gasteiger partial charge on any atom is -0.391 e. The number of imide groups is 1. The van der Waals surface area contributed by atoms with E-state index in [1.165, 1.54) is 14.2 Å². The summed E-state index contributed by atoms with van der Waals surface area (Å²) in [7, 11) is 2.94. The molecule has 100 valence electrons. The third-order valence-corrected chi connectivity index (χ3v) is 2.14. The number of hydrogen-bond donors (Lipinski definition) is 4. The quantitative estimate of drug-likeness (QED) is 0.454. The van der Waals surface area contributed by atoms with Crippen molar-refractivity contribution in [2.24, 2.45) is 0 Å². The summed E-state index contributed by atoms with van der Waals surface area (Å²) in [6.45, 7) is 2.37. The van der Waals surface area contributed by atoms with E-state index in [1.54, 1.807) is 6.92 Å². The molecule has 7 heteroatoms. The van der Waals surface area contributed by atoms with Crippen LogP contribution in [-0.4, -0.2) is 56.5 Å². The number of carbonyl (C=O) groups is 2. The van der Waals surface area contributed by atoms with Crippen molar-refractivity contribution in [3.63, 3.8) is 0 Å². The molecule has 0 radical (unpaired) electrons. The van der Waals surface area contributed by atoms with Gasteiger partial charge in [0.25, 0.3) is 0 Å². The van der Waals surface area contributed by atoms with Gasteiger partial charge in [-0.05, 0) is 19.9 Å². The molecule has 0 aromatic heterocycles. The van der Waals surface area contributed by atoms with Gasteiger partial charge >= 0.3 is 6.03 Å². The Morgan fingerprint density at radius 1 is 1.41 bits per heavy atom. The fourth-order valence-electron chi connectivity index (χ4n) is 1.12. The second-order valence-corrected chi connectivity index (χ2v) is 3.64. The van der Waals surface area contributed by atoms with E-state index >= 15 is 0 Å². The van der Waals surface area contributed by atoms with Gasteiger partial charge in [0.1, 0.15) is 0 Å². The average Bonchev–Trinajstić information content (AvgIpc) is 2.28. The minimum absolute atomic E-state index is 0.264. The van der Waals surface area contributed by atoms with Crippen LogP contribution in [-0.2, 0) is 9.53 Å². The topological polar surface area (TPSA) is 99.7 Å². The van der Waals surface area contributed by atoms with Crippen LogP contribution in [0.15, 0.2) is 0 Å². The van der Waals surface area contributed by atoms with E-state index in [0.29, 0.717) is 13.0 Å². The Morgan fingerprint density at radius 2 is 2.06 bits per heavy atom. The molecule has 0 saturated carbocycles. The number of amides is 3. The third kappa shape index (κ3) is 7.67. The van der Waals surface area contributed by atoms with Gasteiger partial charge in [0.15, 0.2) is 0 Å². The maximum absolute atomic E-state index is 11.4. The van der Waals surface area contributed by atoms with Gasteiger partial charge in [-0.25, -0.2) is 4.79 Å². The molecule has 0 aromatic rings. The molecule has 0 aliphatic carbocycles. The molecule has 2 atom stereocenters. The van der Waals surface area contributed by atoms with Gasteiger partial charge in [0.05, 0.1) is 18.8 Å². The highest BCUT2D eigenvalue weighted by Crippen LogP contribution is 1.91. The van der Waals surface area contributed by atoms with Crippen LogP contribution in [0.3, 0.4) is 0 Å². The van der Waals surface area contributed by atoms with Crippen LogP contribution in [0.2, 0.25) is 0 Å². The standard InChI is InChI=1S/C10H21N3O4/c1-7(9(15)13-10(16)11-2)12-5-4-8(14)6-17-3/h7-8,12,14H,4-6H2,1-3H3,(H2,11,13,15,16). The Morgan fingerprint density at radius 3 is 2.59 bits per heavy atom. The minimum atomic E-state index is -0.554. The Kier molecular flexibility index (Phi) is 8.29. The van der Waals surface area contributed by atoms with Crippen molar-refractivity contribution < 1.29 is 19.4 Å². The monoisotopic (exact) mass is 247 g/mol. The molecule has 2 unspecified atom stereocenters. The fraction of sp³-hybridized carbons (Fsp3) is 0.800. The predicted molar refractivity (Wildman–Crippen MR) is 62.6 cm³/mol. The number of ether oxygens (including phenoxy) is 1. The fourth-order valence-corrected chi connectivity index (χ4v) is 1.12. The lowest BCUT2D eigenvalue weighted by Crippen LogP contribution is -2.47. The first-order valence-electron chi connectivity index (χ1n) is 5.44. The highest BCUT2D eigenvalue weighted by atomic mass is 16.5. The first kappa shape index (κ1) is 15.8. The molecule has 4 N–H and O–H groups in total. The van der Waals surface area contributed by atoms with Gasteiger partial charge in [-0.1, -0.05) is 0 Å². The summed E-state index contributed by atoms with van der Waals surface area (Å²) in [4.78, 5) is 22.3. The normalized spacial score (nSPS) is 13.9. The van der Waals surface area contributed by atoms with Crippen molar-refractivity contribution in [3.05, 3.63) is 0 Å². The maximum atomic E-state index is 11.4. The van der Waals surface area contributed by atoms with Gasteiger partial charge in [-0.3, -0.25) is 10.1 Å². The van der Waals surface area contributed by atoms with Crippen LogP contribution in [0, 0.1) is 0 Å². The largest absolute Gasteiger partial charge is 0.391 e. The Balaban J connectivity index is 3.74. The van der Waals surface area contributed by atoms with Crippen molar-refractivity contribution in [1.29, 1.82) is 0 Å². The highest BCUT2D eigenvalue weighted by molar-refractivity contribution is 5.96. The molecule has 0 saturated heterocycles. The van der Waals surface area contributed by atoms with Crippen molar-refractivity contribution in [2.75, 3.05) is 27.3 Å². The summed E-state index contributed by atoms with van der Waals surface area (Å²) in [5.74, 6) is -0.411. The lowest BCUT2D eigenvalue weighted by atomic mass is 10.2. The average molecular weight is 247 g/mol. The van der Waals surface area contributed by atoms with E-state index < -0.39 is 24.1 Å². The smallest absolute Gasteiger partial charge is 0.321 e. The van der Waals surface area contributed by atoms with Crippen molar-refractivity contribution in [1.82, 2.24) is 16.0 Å². The molecule has 7 nitrogen and oxygen atoms in total. The summed E-state index contributed by atoms with van der Waals surface area (Å²) in [6.07, 6.45) is -0.0764. The molecule has 3 amide bonds. The van der Waals surface area contributed by atoms with Gasteiger partial charge < -0.3 is 20.5 Å². The van der Waals surface area contributed by atoms with Crippen LogP contribution >= 0.6 is 0 Å². The second-order valence-electron chi connectivity index (χ2n) is 3.64. The van der Waals surface area contributed by atoms with Crippen molar-refractivity contribution >= 4 is 11.9 Å². The number of aliphatic hydroxyl groups is 1. The molecule has 0 aromatic carbocycles. The van der Waals surface area contributed by atoms with Crippen LogP contribution in [0.4, 0.5) is 4.79 Å². The molecule has 0 bridgehead atoms. The number of aliphatic hydroxyl groups excluding tert-OH is 1. The number of nitrogens with one attached hydrogen (secondary N) is 3. The van der Waals surface area contributed by atoms with Crippen LogP contribution < -0.4 is 16.0 Å². The predicted octanol–water partition coefficient (Wildman–Crippen LogP) is -1.18. The molecule has 0 aliphatic heterocycles. The molecule has 0 spiro atoms. The van der Waals surface area contributed by atoms with Gasteiger partial charge in [-0.2, -0.15) is 0 Å². The SMILES string of the molecule is CNC(=O)NC(=O)C(C)NCCC(O)COC. The lowest BCUT2D eigenvalue weighted by Gasteiger charge is -2.14. The lowest BCUT2D eigenvalue weighted by molar-refractivity contribution is -0.121. The van der Waals surface area contributed by atoms with E-state index in [0.717, 1.165) is 0 Å². The summed E-state index contributed by atoms with van der Waals surface area (Å²) in [6, 6.07) is -1.04. The van der Waals surface area contributed by atoms with Crippen LogP contribution in [0.5, 0.6) is 0 Å².